The van der Waals surface area contributed by atoms with Crippen LogP contribution < -0.4 is 10.6 Å². The first kappa shape index (κ1) is 22.5. The average molecular weight is 398 g/mol. The lowest BCUT2D eigenvalue weighted by Crippen LogP contribution is -2.47. The number of hydrogen-bond donors (Lipinski definition) is 3. The summed E-state index contributed by atoms with van der Waals surface area (Å²) in [5.74, 6) is -1.01. The summed E-state index contributed by atoms with van der Waals surface area (Å²) in [5, 5.41) is 15.2. The number of hydrogen-bond acceptors (Lipinski definition) is 4. The first-order valence-electron chi connectivity index (χ1n) is 10.5. The van der Waals surface area contributed by atoms with Crippen LogP contribution in [-0.4, -0.2) is 67.3 Å². The molecule has 28 heavy (non-hydrogen) atoms. The zero-order chi connectivity index (χ0) is 20.5. The van der Waals surface area contributed by atoms with Gasteiger partial charge in [0.25, 0.3) is 0 Å². The van der Waals surface area contributed by atoms with Crippen LogP contribution in [0, 0.1) is 23.7 Å². The van der Waals surface area contributed by atoms with Gasteiger partial charge >= 0.3 is 12.0 Å². The predicted octanol–water partition coefficient (Wildman–Crippen LogP) is 1.70. The standard InChI is InChI=1S/C20H35N3O5/c1-14(2)11-22-20(27)23-7-3-4-15(13-23)10-18(24)21-12-17(19(25)26)16-5-8-28-9-6-16/h14-17H,3-13H2,1-2H3,(H,21,24)(H,22,27)(H,25,26). The summed E-state index contributed by atoms with van der Waals surface area (Å²) in [4.78, 5) is 38.0. The van der Waals surface area contributed by atoms with E-state index in [0.29, 0.717) is 45.2 Å². The van der Waals surface area contributed by atoms with Crippen molar-refractivity contribution < 1.29 is 24.2 Å². The fourth-order valence-corrected chi connectivity index (χ4v) is 3.95. The summed E-state index contributed by atoms with van der Waals surface area (Å²) in [6, 6.07) is -0.0655. The summed E-state index contributed by atoms with van der Waals surface area (Å²) in [6.07, 6.45) is 3.55. The van der Waals surface area contributed by atoms with Gasteiger partial charge in [-0.2, -0.15) is 0 Å². The van der Waals surface area contributed by atoms with Gasteiger partial charge in [-0.05, 0) is 43.4 Å². The first-order chi connectivity index (χ1) is 13.4. The number of aliphatic carboxylic acids is 1. The van der Waals surface area contributed by atoms with Gasteiger partial charge in [-0.1, -0.05) is 13.8 Å². The van der Waals surface area contributed by atoms with Gasteiger partial charge in [0.05, 0.1) is 5.92 Å². The van der Waals surface area contributed by atoms with E-state index >= 15 is 0 Å². The fourth-order valence-electron chi connectivity index (χ4n) is 3.95. The van der Waals surface area contributed by atoms with Crippen LogP contribution in [-0.2, 0) is 14.3 Å². The number of nitrogens with zero attached hydrogens (tertiary/aromatic N) is 1. The molecule has 0 aromatic carbocycles. The highest BCUT2D eigenvalue weighted by atomic mass is 16.5. The number of piperidine rings is 1. The second-order valence-electron chi connectivity index (χ2n) is 8.44. The Morgan fingerprint density at radius 1 is 1.11 bits per heavy atom. The molecule has 0 aliphatic carbocycles. The van der Waals surface area contributed by atoms with Crippen molar-refractivity contribution in [2.75, 3.05) is 39.4 Å². The Morgan fingerprint density at radius 2 is 1.82 bits per heavy atom. The van der Waals surface area contributed by atoms with Gasteiger partial charge in [0.1, 0.15) is 0 Å². The Morgan fingerprint density at radius 3 is 2.46 bits per heavy atom. The molecule has 2 aliphatic rings. The highest BCUT2D eigenvalue weighted by Crippen LogP contribution is 2.24. The monoisotopic (exact) mass is 397 g/mol. The molecule has 2 atom stereocenters. The molecule has 2 aliphatic heterocycles. The number of carbonyl (C=O) groups is 3. The van der Waals surface area contributed by atoms with Crippen molar-refractivity contribution in [3.05, 3.63) is 0 Å². The van der Waals surface area contributed by atoms with Crippen LogP contribution in [0.15, 0.2) is 0 Å². The molecule has 0 aromatic heterocycles. The van der Waals surface area contributed by atoms with E-state index in [0.717, 1.165) is 25.7 Å². The maximum Gasteiger partial charge on any atom is 0.317 e. The smallest absolute Gasteiger partial charge is 0.317 e. The van der Waals surface area contributed by atoms with Crippen LogP contribution in [0.2, 0.25) is 0 Å². The van der Waals surface area contributed by atoms with E-state index in [9.17, 15) is 19.5 Å². The average Bonchev–Trinajstić information content (AvgIpc) is 2.67. The number of urea groups is 1. The second kappa shape index (κ2) is 11.2. The fraction of sp³-hybridized carbons (Fsp3) is 0.850. The summed E-state index contributed by atoms with van der Waals surface area (Å²) in [7, 11) is 0. The maximum atomic E-state index is 12.4. The normalized spacial score (nSPS) is 22.0. The second-order valence-corrected chi connectivity index (χ2v) is 8.44. The van der Waals surface area contributed by atoms with Crippen LogP contribution in [0.5, 0.6) is 0 Å². The van der Waals surface area contributed by atoms with Crippen molar-refractivity contribution in [3.8, 4) is 0 Å². The lowest BCUT2D eigenvalue weighted by Gasteiger charge is -2.33. The molecule has 160 valence electrons. The third-order valence-electron chi connectivity index (χ3n) is 5.61. The van der Waals surface area contributed by atoms with Crippen molar-refractivity contribution >= 4 is 17.9 Å². The quantitative estimate of drug-likeness (QED) is 0.578. The van der Waals surface area contributed by atoms with Crippen LogP contribution in [0.25, 0.3) is 0 Å². The maximum absolute atomic E-state index is 12.4. The summed E-state index contributed by atoms with van der Waals surface area (Å²) in [6.45, 7) is 7.35. The molecule has 2 saturated heterocycles. The van der Waals surface area contributed by atoms with Crippen molar-refractivity contribution in [2.24, 2.45) is 23.7 Å². The van der Waals surface area contributed by atoms with Crippen molar-refractivity contribution in [1.29, 1.82) is 0 Å². The molecule has 2 fully saturated rings. The summed E-state index contributed by atoms with van der Waals surface area (Å²) < 4.78 is 5.30. The Labute approximate surface area is 167 Å². The van der Waals surface area contributed by atoms with Gasteiger partial charge in [0.15, 0.2) is 0 Å². The summed E-state index contributed by atoms with van der Waals surface area (Å²) in [5.41, 5.74) is 0. The molecule has 0 aromatic rings. The third-order valence-corrected chi connectivity index (χ3v) is 5.61. The molecule has 3 amide bonds. The Balaban J connectivity index is 1.76. The van der Waals surface area contributed by atoms with E-state index in [4.69, 9.17) is 4.74 Å². The number of ether oxygens (including phenoxy) is 1. The number of rotatable bonds is 8. The van der Waals surface area contributed by atoms with Crippen molar-refractivity contribution in [1.82, 2.24) is 15.5 Å². The molecule has 0 spiro atoms. The van der Waals surface area contributed by atoms with E-state index in [2.05, 4.69) is 10.6 Å². The van der Waals surface area contributed by atoms with Crippen molar-refractivity contribution in [3.63, 3.8) is 0 Å². The third kappa shape index (κ3) is 7.30. The van der Waals surface area contributed by atoms with Gasteiger partial charge in [0, 0.05) is 45.8 Å². The van der Waals surface area contributed by atoms with Gasteiger partial charge in [0.2, 0.25) is 5.91 Å². The minimum atomic E-state index is -0.863. The zero-order valence-corrected chi connectivity index (χ0v) is 17.1. The minimum absolute atomic E-state index is 0.0429. The topological polar surface area (TPSA) is 108 Å². The molecule has 0 saturated carbocycles. The van der Waals surface area contributed by atoms with E-state index in [1.54, 1.807) is 4.90 Å². The molecule has 2 heterocycles. The van der Waals surface area contributed by atoms with Crippen LogP contribution >= 0.6 is 0 Å². The van der Waals surface area contributed by atoms with Crippen LogP contribution in [0.4, 0.5) is 4.79 Å². The number of amides is 3. The largest absolute Gasteiger partial charge is 0.481 e. The molecule has 8 heteroatoms. The van der Waals surface area contributed by atoms with Gasteiger partial charge < -0.3 is 25.4 Å². The van der Waals surface area contributed by atoms with Crippen LogP contribution in [0.3, 0.4) is 0 Å². The molecular formula is C20H35N3O5. The van der Waals surface area contributed by atoms with Gasteiger partial charge in [-0.3, -0.25) is 9.59 Å². The predicted molar refractivity (Wildman–Crippen MR) is 105 cm³/mol. The first-order valence-corrected chi connectivity index (χ1v) is 10.5. The van der Waals surface area contributed by atoms with E-state index in [1.165, 1.54) is 0 Å². The molecule has 0 radical (unpaired) electrons. The van der Waals surface area contributed by atoms with Gasteiger partial charge in [-0.15, -0.1) is 0 Å². The number of nitrogens with one attached hydrogen (secondary N) is 2. The number of carboxylic acids is 1. The van der Waals surface area contributed by atoms with E-state index in [1.807, 2.05) is 13.8 Å². The number of likely N-dealkylation sites (tertiary alicyclic amines) is 1. The molecule has 8 nitrogen and oxygen atoms in total. The molecule has 2 unspecified atom stereocenters. The van der Waals surface area contributed by atoms with Crippen molar-refractivity contribution in [2.45, 2.75) is 46.0 Å². The minimum Gasteiger partial charge on any atom is -0.481 e. The Hall–Kier alpha value is -1.83. The molecule has 0 bridgehead atoms. The van der Waals surface area contributed by atoms with Crippen LogP contribution in [0.1, 0.15) is 46.0 Å². The highest BCUT2D eigenvalue weighted by molar-refractivity contribution is 5.78. The number of carboxylic acid groups (broad SMARTS) is 1. The zero-order valence-electron chi connectivity index (χ0n) is 17.1. The number of carbonyl (C=O) groups excluding carboxylic acids is 2. The van der Waals surface area contributed by atoms with Gasteiger partial charge in [-0.25, -0.2) is 4.79 Å². The SMILES string of the molecule is CC(C)CNC(=O)N1CCCC(CC(=O)NCC(C(=O)O)C2CCOCC2)C1. The molecular weight excluding hydrogens is 362 g/mol. The Kier molecular flexibility index (Phi) is 9.02. The lowest BCUT2D eigenvalue weighted by molar-refractivity contribution is -0.145. The highest BCUT2D eigenvalue weighted by Gasteiger charge is 2.31. The molecule has 2 rings (SSSR count). The van der Waals surface area contributed by atoms with E-state index < -0.39 is 11.9 Å². The lowest BCUT2D eigenvalue weighted by atomic mass is 9.86. The Bertz CT molecular complexity index is 534. The van der Waals surface area contributed by atoms with E-state index in [-0.39, 0.29) is 30.3 Å². The summed E-state index contributed by atoms with van der Waals surface area (Å²) >= 11 is 0. The molecule has 3 N–H and O–H groups in total.